The number of hydrogen-bond donors (Lipinski definition) is 1. The van der Waals surface area contributed by atoms with Crippen molar-refractivity contribution in [1.82, 2.24) is 4.98 Å². The molecule has 2 heteroatoms. The maximum absolute atomic E-state index is 3.41. The Morgan fingerprint density at radius 3 is 2.82 bits per heavy atom. The Labute approximate surface area is 76.3 Å². The van der Waals surface area contributed by atoms with E-state index in [1.165, 1.54) is 31.4 Å². The fourth-order valence-electron chi connectivity index (χ4n) is 1.12. The van der Waals surface area contributed by atoms with Gasteiger partial charge in [-0.05, 0) is 34.8 Å². The first kappa shape index (κ1) is 8.85. The average molecular weight is 216 g/mol. The highest BCUT2D eigenvalue weighted by Crippen LogP contribution is 2.12. The van der Waals surface area contributed by atoms with Gasteiger partial charge in [-0.25, -0.2) is 0 Å². The van der Waals surface area contributed by atoms with E-state index in [-0.39, 0.29) is 0 Å². The summed E-state index contributed by atoms with van der Waals surface area (Å²) in [6, 6.07) is 2.15. The summed E-state index contributed by atoms with van der Waals surface area (Å²) in [5, 5.41) is 0. The van der Waals surface area contributed by atoms with E-state index in [9.17, 15) is 0 Å². The molecule has 0 aliphatic heterocycles. The van der Waals surface area contributed by atoms with Crippen LogP contribution in [-0.2, 0) is 6.42 Å². The molecule has 1 rings (SSSR count). The predicted molar refractivity (Wildman–Crippen MR) is 51.7 cm³/mol. The minimum absolute atomic E-state index is 1.16. The van der Waals surface area contributed by atoms with Crippen LogP contribution in [-0.4, -0.2) is 4.98 Å². The van der Waals surface area contributed by atoms with Gasteiger partial charge >= 0.3 is 0 Å². The molecule has 1 heterocycles. The smallest absolute Gasteiger partial charge is 0.0352 e. The van der Waals surface area contributed by atoms with Gasteiger partial charge in [-0.3, -0.25) is 0 Å². The van der Waals surface area contributed by atoms with Crippen LogP contribution < -0.4 is 0 Å². The highest BCUT2D eigenvalue weighted by molar-refractivity contribution is 9.10. The van der Waals surface area contributed by atoms with Gasteiger partial charge in [0.2, 0.25) is 0 Å². The van der Waals surface area contributed by atoms with Crippen LogP contribution in [0.1, 0.15) is 31.9 Å². The number of nitrogens with one attached hydrogen (secondary N) is 1. The van der Waals surface area contributed by atoms with Crippen LogP contribution in [0.3, 0.4) is 0 Å². The van der Waals surface area contributed by atoms with Crippen molar-refractivity contribution in [3.8, 4) is 0 Å². The van der Waals surface area contributed by atoms with Gasteiger partial charge in [0.05, 0.1) is 0 Å². The van der Waals surface area contributed by atoms with Crippen molar-refractivity contribution in [3.05, 3.63) is 22.4 Å². The summed E-state index contributed by atoms with van der Waals surface area (Å²) in [5.74, 6) is 0. The van der Waals surface area contributed by atoms with Gasteiger partial charge in [-0.2, -0.15) is 0 Å². The summed E-state index contributed by atoms with van der Waals surface area (Å²) in [6.07, 6.45) is 7.09. The molecule has 0 fully saturated rings. The second-order valence-corrected chi connectivity index (χ2v) is 3.72. The molecule has 0 saturated carbocycles. The van der Waals surface area contributed by atoms with Gasteiger partial charge in [0.15, 0.2) is 0 Å². The van der Waals surface area contributed by atoms with E-state index in [0.29, 0.717) is 0 Å². The molecule has 1 aromatic heterocycles. The molecule has 0 unspecified atom stereocenters. The third-order valence-corrected chi connectivity index (χ3v) is 2.22. The number of unbranched alkanes of at least 4 members (excludes halogenated alkanes) is 2. The zero-order chi connectivity index (χ0) is 8.10. The first-order chi connectivity index (χ1) is 5.33. The Balaban J connectivity index is 2.27. The molecule has 0 saturated heterocycles. The number of aromatic amines is 1. The molecule has 1 nitrogen and oxygen atoms in total. The average Bonchev–Trinajstić information content (AvgIpc) is 2.37. The lowest BCUT2D eigenvalue weighted by Crippen LogP contribution is -1.83. The lowest BCUT2D eigenvalue weighted by atomic mass is 10.2. The Morgan fingerprint density at radius 1 is 1.45 bits per heavy atom. The number of aryl methyl sites for hydroxylation is 1. The highest BCUT2D eigenvalue weighted by Gasteiger charge is 1.94. The van der Waals surface area contributed by atoms with Gasteiger partial charge in [-0.15, -0.1) is 0 Å². The maximum Gasteiger partial charge on any atom is 0.0352 e. The standard InChI is InChI=1S/C9H14BrN/c1-2-3-4-5-9-6-8(10)7-11-9/h6-7,11H,2-5H2,1H3. The van der Waals surface area contributed by atoms with Crippen LogP contribution in [0.25, 0.3) is 0 Å². The fourth-order valence-corrected chi connectivity index (χ4v) is 1.51. The summed E-state index contributed by atoms with van der Waals surface area (Å²) in [5.41, 5.74) is 1.34. The minimum atomic E-state index is 1.16. The van der Waals surface area contributed by atoms with Crippen LogP contribution in [0.2, 0.25) is 0 Å². The predicted octanol–water partition coefficient (Wildman–Crippen LogP) is 3.51. The molecule has 1 aromatic rings. The Bertz CT molecular complexity index is 205. The summed E-state index contributed by atoms with van der Waals surface area (Å²) >= 11 is 3.41. The third kappa shape index (κ3) is 3.10. The van der Waals surface area contributed by atoms with Crippen LogP contribution >= 0.6 is 15.9 Å². The molecule has 0 aliphatic carbocycles. The maximum atomic E-state index is 3.41. The lowest BCUT2D eigenvalue weighted by molar-refractivity contribution is 0.709. The first-order valence-electron chi connectivity index (χ1n) is 4.15. The largest absolute Gasteiger partial charge is 0.364 e. The van der Waals surface area contributed by atoms with E-state index in [0.717, 1.165) is 4.47 Å². The topological polar surface area (TPSA) is 15.8 Å². The second kappa shape index (κ2) is 4.60. The molecular weight excluding hydrogens is 202 g/mol. The number of halogens is 1. The first-order valence-corrected chi connectivity index (χ1v) is 4.95. The van der Waals surface area contributed by atoms with Crippen molar-refractivity contribution in [2.75, 3.05) is 0 Å². The Morgan fingerprint density at radius 2 is 2.27 bits per heavy atom. The van der Waals surface area contributed by atoms with Crippen molar-refractivity contribution < 1.29 is 0 Å². The van der Waals surface area contributed by atoms with Crippen LogP contribution in [0.4, 0.5) is 0 Å². The zero-order valence-electron chi connectivity index (χ0n) is 6.86. The molecule has 0 aromatic carbocycles. The van der Waals surface area contributed by atoms with E-state index in [1.54, 1.807) is 0 Å². The number of hydrogen-bond acceptors (Lipinski definition) is 0. The molecule has 0 radical (unpaired) electrons. The quantitative estimate of drug-likeness (QED) is 0.741. The van der Waals surface area contributed by atoms with E-state index in [1.807, 2.05) is 6.20 Å². The minimum Gasteiger partial charge on any atom is -0.364 e. The monoisotopic (exact) mass is 215 g/mol. The normalized spacial score (nSPS) is 10.4. The van der Waals surface area contributed by atoms with Crippen LogP contribution in [0.15, 0.2) is 16.7 Å². The third-order valence-electron chi connectivity index (χ3n) is 1.76. The van der Waals surface area contributed by atoms with Gasteiger partial charge in [-0.1, -0.05) is 19.8 Å². The molecule has 0 atom stereocenters. The number of rotatable bonds is 4. The molecule has 0 bridgehead atoms. The van der Waals surface area contributed by atoms with E-state index in [4.69, 9.17) is 0 Å². The van der Waals surface area contributed by atoms with Crippen molar-refractivity contribution in [3.63, 3.8) is 0 Å². The van der Waals surface area contributed by atoms with Crippen molar-refractivity contribution in [2.45, 2.75) is 32.6 Å². The number of aromatic nitrogens is 1. The molecule has 1 N–H and O–H groups in total. The SMILES string of the molecule is CCCCCc1cc(Br)c[nH]1. The van der Waals surface area contributed by atoms with Gasteiger partial charge in [0, 0.05) is 16.4 Å². The molecule has 62 valence electrons. The summed E-state index contributed by atoms with van der Waals surface area (Å²) in [4.78, 5) is 3.22. The van der Waals surface area contributed by atoms with E-state index < -0.39 is 0 Å². The number of H-pyrrole nitrogens is 1. The van der Waals surface area contributed by atoms with Crippen molar-refractivity contribution in [1.29, 1.82) is 0 Å². The van der Waals surface area contributed by atoms with Crippen molar-refractivity contribution in [2.24, 2.45) is 0 Å². The van der Waals surface area contributed by atoms with Gasteiger partial charge in [0.25, 0.3) is 0 Å². The van der Waals surface area contributed by atoms with Crippen LogP contribution in [0, 0.1) is 0 Å². The Hall–Kier alpha value is -0.240. The van der Waals surface area contributed by atoms with E-state index in [2.05, 4.69) is 33.9 Å². The summed E-state index contributed by atoms with van der Waals surface area (Å²) in [7, 11) is 0. The fraction of sp³-hybridized carbons (Fsp3) is 0.556. The molecule has 0 spiro atoms. The van der Waals surface area contributed by atoms with Gasteiger partial charge in [0.1, 0.15) is 0 Å². The molecular formula is C9H14BrN. The Kier molecular flexibility index (Phi) is 3.70. The molecule has 0 amide bonds. The van der Waals surface area contributed by atoms with Gasteiger partial charge < -0.3 is 4.98 Å². The lowest BCUT2D eigenvalue weighted by Gasteiger charge is -1.94. The van der Waals surface area contributed by atoms with E-state index >= 15 is 0 Å². The van der Waals surface area contributed by atoms with Crippen molar-refractivity contribution >= 4 is 15.9 Å². The second-order valence-electron chi connectivity index (χ2n) is 2.80. The summed E-state index contributed by atoms with van der Waals surface area (Å²) in [6.45, 7) is 2.23. The molecule has 0 aliphatic rings. The molecule has 11 heavy (non-hydrogen) atoms. The van der Waals surface area contributed by atoms with Crippen LogP contribution in [0.5, 0.6) is 0 Å². The zero-order valence-corrected chi connectivity index (χ0v) is 8.45. The summed E-state index contributed by atoms with van der Waals surface area (Å²) < 4.78 is 1.16. The highest BCUT2D eigenvalue weighted by atomic mass is 79.9.